The van der Waals surface area contributed by atoms with Crippen molar-refractivity contribution in [3.8, 4) is 0 Å². The molecule has 1 aromatic carbocycles. The van der Waals surface area contributed by atoms with Gasteiger partial charge in [-0.25, -0.2) is 12.8 Å². The van der Waals surface area contributed by atoms with Crippen LogP contribution in [0.5, 0.6) is 0 Å². The molecule has 2 unspecified atom stereocenters. The van der Waals surface area contributed by atoms with Gasteiger partial charge in [0.2, 0.25) is 9.84 Å². The number of ether oxygens (including phenoxy) is 1. The lowest BCUT2D eigenvalue weighted by atomic mass is 10.0. The molecule has 1 fully saturated rings. The summed E-state index contributed by atoms with van der Waals surface area (Å²) in [5.74, 6) is -1.17. The van der Waals surface area contributed by atoms with Crippen molar-refractivity contribution in [1.82, 2.24) is 0 Å². The maximum absolute atomic E-state index is 13.3. The second-order valence-corrected chi connectivity index (χ2v) is 7.24. The number of halogens is 4. The summed E-state index contributed by atoms with van der Waals surface area (Å²) in [4.78, 5) is -0.700. The van der Waals surface area contributed by atoms with Crippen molar-refractivity contribution in [3.63, 3.8) is 0 Å². The van der Waals surface area contributed by atoms with Crippen LogP contribution < -0.4 is 0 Å². The minimum atomic E-state index is -4.81. The topological polar surface area (TPSA) is 43.4 Å². The van der Waals surface area contributed by atoms with E-state index < -0.39 is 37.7 Å². The standard InChI is InChI=1S/C13H14F4O3S/c1-8-2-3-20-12(4-8)21(18,19)11-6-9(13(15,16)17)5-10(14)7-11/h5-8,12H,2-4H2,1H3. The van der Waals surface area contributed by atoms with Gasteiger partial charge in [0.25, 0.3) is 0 Å². The highest BCUT2D eigenvalue weighted by Gasteiger charge is 2.36. The van der Waals surface area contributed by atoms with Gasteiger partial charge in [-0.3, -0.25) is 0 Å². The van der Waals surface area contributed by atoms with Crippen LogP contribution in [0.25, 0.3) is 0 Å². The van der Waals surface area contributed by atoms with Crippen molar-refractivity contribution in [2.24, 2.45) is 5.92 Å². The second kappa shape index (κ2) is 5.57. The first-order valence-corrected chi connectivity index (χ1v) is 7.88. The number of alkyl halides is 3. The third kappa shape index (κ3) is 3.55. The van der Waals surface area contributed by atoms with Crippen LogP contribution in [0.15, 0.2) is 23.1 Å². The number of hydrogen-bond donors (Lipinski definition) is 0. The molecule has 1 aliphatic heterocycles. The van der Waals surface area contributed by atoms with E-state index in [4.69, 9.17) is 4.74 Å². The third-order valence-electron chi connectivity index (χ3n) is 3.38. The molecule has 21 heavy (non-hydrogen) atoms. The van der Waals surface area contributed by atoms with Gasteiger partial charge in [0, 0.05) is 6.61 Å². The summed E-state index contributed by atoms with van der Waals surface area (Å²) in [6, 6.07) is 1.30. The summed E-state index contributed by atoms with van der Waals surface area (Å²) < 4.78 is 81.0. The summed E-state index contributed by atoms with van der Waals surface area (Å²) in [6.07, 6.45) is -3.95. The summed E-state index contributed by atoms with van der Waals surface area (Å²) in [6.45, 7) is 2.05. The van der Waals surface area contributed by atoms with E-state index in [-0.39, 0.29) is 25.0 Å². The van der Waals surface area contributed by atoms with Crippen molar-refractivity contribution in [2.45, 2.75) is 36.3 Å². The first-order valence-electron chi connectivity index (χ1n) is 6.34. The Hall–Kier alpha value is -1.15. The van der Waals surface area contributed by atoms with Crippen molar-refractivity contribution < 1.29 is 30.7 Å². The largest absolute Gasteiger partial charge is 0.416 e. The number of sulfone groups is 1. The lowest BCUT2D eigenvalue weighted by Gasteiger charge is -2.27. The minimum absolute atomic E-state index is 0.0779. The molecule has 0 bridgehead atoms. The highest BCUT2D eigenvalue weighted by atomic mass is 32.2. The van der Waals surface area contributed by atoms with Crippen molar-refractivity contribution in [1.29, 1.82) is 0 Å². The lowest BCUT2D eigenvalue weighted by Crippen LogP contribution is -2.32. The highest BCUT2D eigenvalue weighted by Crippen LogP contribution is 2.34. The highest BCUT2D eigenvalue weighted by molar-refractivity contribution is 7.91. The molecular weight excluding hydrogens is 312 g/mol. The quantitative estimate of drug-likeness (QED) is 0.783. The van der Waals surface area contributed by atoms with E-state index in [1.165, 1.54) is 0 Å². The smallest absolute Gasteiger partial charge is 0.362 e. The molecule has 118 valence electrons. The van der Waals surface area contributed by atoms with Crippen LogP contribution in [0.3, 0.4) is 0 Å². The maximum atomic E-state index is 13.3. The van der Waals surface area contributed by atoms with Crippen LogP contribution in [0.1, 0.15) is 25.3 Å². The first kappa shape index (κ1) is 16.2. The molecule has 0 radical (unpaired) electrons. The fourth-order valence-corrected chi connectivity index (χ4v) is 3.90. The predicted molar refractivity (Wildman–Crippen MR) is 66.7 cm³/mol. The minimum Gasteiger partial charge on any atom is -0.362 e. The van der Waals surface area contributed by atoms with Gasteiger partial charge in [-0.05, 0) is 37.0 Å². The molecule has 0 N–H and O–H groups in total. The third-order valence-corrected chi connectivity index (χ3v) is 5.30. The van der Waals surface area contributed by atoms with E-state index in [0.717, 1.165) is 0 Å². The molecule has 8 heteroatoms. The summed E-state index contributed by atoms with van der Waals surface area (Å²) in [5.41, 5.74) is -2.56. The predicted octanol–water partition coefficient (Wildman–Crippen LogP) is 3.39. The fourth-order valence-electron chi connectivity index (χ4n) is 2.17. The van der Waals surface area contributed by atoms with E-state index in [1.807, 2.05) is 6.92 Å². The van der Waals surface area contributed by atoms with Crippen molar-refractivity contribution in [3.05, 3.63) is 29.6 Å². The van der Waals surface area contributed by atoms with Crippen LogP contribution in [0.2, 0.25) is 0 Å². The number of hydrogen-bond acceptors (Lipinski definition) is 3. The molecule has 0 aromatic heterocycles. The normalized spacial score (nSPS) is 24.0. The summed E-state index contributed by atoms with van der Waals surface area (Å²) in [5, 5.41) is 0. The Kier molecular flexibility index (Phi) is 4.30. The van der Waals surface area contributed by atoms with Gasteiger partial charge in [0.1, 0.15) is 5.82 Å². The van der Waals surface area contributed by atoms with E-state index in [2.05, 4.69) is 0 Å². The van der Waals surface area contributed by atoms with E-state index in [9.17, 15) is 26.0 Å². The van der Waals surface area contributed by atoms with E-state index >= 15 is 0 Å². The Labute approximate surface area is 119 Å². The monoisotopic (exact) mass is 326 g/mol. The average molecular weight is 326 g/mol. The molecule has 3 nitrogen and oxygen atoms in total. The van der Waals surface area contributed by atoms with Crippen molar-refractivity contribution >= 4 is 9.84 Å². The Morgan fingerprint density at radius 1 is 1.24 bits per heavy atom. The number of benzene rings is 1. The molecule has 0 saturated carbocycles. The van der Waals surface area contributed by atoms with Crippen molar-refractivity contribution in [2.75, 3.05) is 6.61 Å². The van der Waals surface area contributed by atoms with Gasteiger partial charge in [0.15, 0.2) is 5.44 Å². The lowest BCUT2D eigenvalue weighted by molar-refractivity contribution is -0.137. The van der Waals surface area contributed by atoms with Crippen LogP contribution >= 0.6 is 0 Å². The molecule has 0 amide bonds. The second-order valence-electron chi connectivity index (χ2n) is 5.15. The fraction of sp³-hybridized carbons (Fsp3) is 0.538. The molecule has 1 saturated heterocycles. The zero-order chi connectivity index (χ0) is 15.8. The first-order chi connectivity index (χ1) is 9.60. The van der Waals surface area contributed by atoms with Gasteiger partial charge in [0.05, 0.1) is 10.5 Å². The molecule has 0 spiro atoms. The summed E-state index contributed by atoms with van der Waals surface area (Å²) >= 11 is 0. The molecule has 2 atom stereocenters. The molecule has 1 heterocycles. The Morgan fingerprint density at radius 3 is 2.48 bits per heavy atom. The van der Waals surface area contributed by atoms with Crippen LogP contribution in [0.4, 0.5) is 17.6 Å². The Morgan fingerprint density at radius 2 is 1.90 bits per heavy atom. The van der Waals surface area contributed by atoms with Crippen LogP contribution in [-0.4, -0.2) is 20.5 Å². The van der Waals surface area contributed by atoms with Gasteiger partial charge in [-0.15, -0.1) is 0 Å². The Balaban J connectivity index is 2.42. The van der Waals surface area contributed by atoms with Crippen LogP contribution in [-0.2, 0) is 20.8 Å². The van der Waals surface area contributed by atoms with E-state index in [0.29, 0.717) is 18.6 Å². The molecule has 1 aromatic rings. The van der Waals surface area contributed by atoms with E-state index in [1.54, 1.807) is 0 Å². The maximum Gasteiger partial charge on any atom is 0.416 e. The SMILES string of the molecule is CC1CCOC(S(=O)(=O)c2cc(F)cc(C(F)(F)F)c2)C1. The van der Waals surface area contributed by atoms with Gasteiger partial charge < -0.3 is 4.74 Å². The van der Waals surface area contributed by atoms with Gasteiger partial charge in [-0.2, -0.15) is 13.2 Å². The molecular formula is C13H14F4O3S. The molecule has 1 aliphatic rings. The van der Waals surface area contributed by atoms with Gasteiger partial charge >= 0.3 is 6.18 Å². The molecule has 0 aliphatic carbocycles. The van der Waals surface area contributed by atoms with Crippen LogP contribution in [0, 0.1) is 11.7 Å². The summed E-state index contributed by atoms with van der Waals surface area (Å²) in [7, 11) is -4.16. The Bertz CT molecular complexity index is 625. The zero-order valence-corrected chi connectivity index (χ0v) is 12.0. The zero-order valence-electron chi connectivity index (χ0n) is 11.2. The van der Waals surface area contributed by atoms with Gasteiger partial charge in [-0.1, -0.05) is 6.92 Å². The number of rotatable bonds is 2. The average Bonchev–Trinajstić information content (AvgIpc) is 2.37. The molecule has 2 rings (SSSR count).